The van der Waals surface area contributed by atoms with Crippen LogP contribution in [0.15, 0.2) is 42.5 Å². The fourth-order valence-corrected chi connectivity index (χ4v) is 3.07. The second-order valence-corrected chi connectivity index (χ2v) is 6.54. The summed E-state index contributed by atoms with van der Waals surface area (Å²) in [5.41, 5.74) is 0.974. The maximum Gasteiger partial charge on any atom is 0.230 e. The van der Waals surface area contributed by atoms with E-state index >= 15 is 0 Å². The molecule has 0 saturated carbocycles. The van der Waals surface area contributed by atoms with Gasteiger partial charge in [0.1, 0.15) is 18.2 Å². The molecule has 0 bridgehead atoms. The topological polar surface area (TPSA) is 58.6 Å². The first kappa shape index (κ1) is 18.2. The molecule has 136 valence electrons. The van der Waals surface area contributed by atoms with Crippen LogP contribution in [0.1, 0.15) is 17.9 Å². The summed E-state index contributed by atoms with van der Waals surface area (Å²) in [6.45, 7) is 0.637. The van der Waals surface area contributed by atoms with E-state index in [4.69, 9.17) is 16.3 Å². The fourth-order valence-electron chi connectivity index (χ4n) is 2.89. The number of nitrogens with zero attached hydrogens (tertiary/aromatic N) is 1. The van der Waals surface area contributed by atoms with Crippen LogP contribution < -0.4 is 10.1 Å². The number of benzene rings is 2. The van der Waals surface area contributed by atoms with Gasteiger partial charge in [0.2, 0.25) is 11.8 Å². The SMILES string of the molecule is CN(CCOc1cccc(Cl)c1)C(=O)C1CC(=O)Nc2cc(F)ccc21. The molecule has 0 aromatic heterocycles. The summed E-state index contributed by atoms with van der Waals surface area (Å²) >= 11 is 5.90. The lowest BCUT2D eigenvalue weighted by Crippen LogP contribution is -2.38. The van der Waals surface area contributed by atoms with Gasteiger partial charge in [0.05, 0.1) is 12.5 Å². The monoisotopic (exact) mass is 376 g/mol. The standard InChI is InChI=1S/C19H18ClFN2O3/c1-23(7-8-26-14-4-2-3-12(20)9-14)19(25)16-11-18(24)22-17-10-13(21)5-6-15(16)17/h2-6,9-10,16H,7-8,11H2,1H3,(H,22,24). The van der Waals surface area contributed by atoms with Gasteiger partial charge in [-0.25, -0.2) is 4.39 Å². The van der Waals surface area contributed by atoms with Crippen molar-refractivity contribution in [1.29, 1.82) is 0 Å². The second kappa shape index (κ2) is 7.74. The van der Waals surface area contributed by atoms with Crippen molar-refractivity contribution < 1.29 is 18.7 Å². The number of carbonyl (C=O) groups excluding carboxylic acids is 2. The molecule has 3 rings (SSSR count). The third-order valence-corrected chi connectivity index (χ3v) is 4.46. The van der Waals surface area contributed by atoms with Gasteiger partial charge in [0.15, 0.2) is 0 Å². The van der Waals surface area contributed by atoms with Gasteiger partial charge in [-0.3, -0.25) is 9.59 Å². The Hall–Kier alpha value is -2.60. The van der Waals surface area contributed by atoms with Crippen molar-refractivity contribution in [2.75, 3.05) is 25.5 Å². The number of amides is 2. The van der Waals surface area contributed by atoms with Crippen molar-refractivity contribution in [3.8, 4) is 5.75 Å². The number of anilines is 1. The number of hydrogen-bond donors (Lipinski definition) is 1. The van der Waals surface area contributed by atoms with E-state index < -0.39 is 11.7 Å². The lowest BCUT2D eigenvalue weighted by molar-refractivity contribution is -0.134. The van der Waals surface area contributed by atoms with Crippen LogP contribution >= 0.6 is 11.6 Å². The lowest BCUT2D eigenvalue weighted by atomic mass is 9.89. The predicted molar refractivity (Wildman–Crippen MR) is 97.0 cm³/mol. The van der Waals surface area contributed by atoms with E-state index in [1.807, 2.05) is 0 Å². The summed E-state index contributed by atoms with van der Waals surface area (Å²) in [5, 5.41) is 3.18. The molecule has 1 unspecified atom stereocenters. The van der Waals surface area contributed by atoms with E-state index in [0.29, 0.717) is 28.6 Å². The molecular formula is C19H18ClFN2O3. The largest absolute Gasteiger partial charge is 0.492 e. The van der Waals surface area contributed by atoms with Crippen LogP contribution in [0.5, 0.6) is 5.75 Å². The number of nitrogens with one attached hydrogen (secondary N) is 1. The number of likely N-dealkylation sites (N-methyl/N-ethyl adjacent to an activating group) is 1. The van der Waals surface area contributed by atoms with Gasteiger partial charge in [-0.1, -0.05) is 23.7 Å². The number of ether oxygens (including phenoxy) is 1. The third kappa shape index (κ3) is 4.14. The quantitative estimate of drug-likeness (QED) is 0.869. The molecule has 1 N–H and O–H groups in total. The van der Waals surface area contributed by atoms with Crippen molar-refractivity contribution in [1.82, 2.24) is 4.90 Å². The zero-order valence-electron chi connectivity index (χ0n) is 14.2. The summed E-state index contributed by atoms with van der Waals surface area (Å²) < 4.78 is 19.0. The Balaban J connectivity index is 1.64. The predicted octanol–water partition coefficient (Wildman–Crippen LogP) is 3.44. The van der Waals surface area contributed by atoms with Gasteiger partial charge in [-0.2, -0.15) is 0 Å². The Kier molecular flexibility index (Phi) is 5.42. The first-order valence-corrected chi connectivity index (χ1v) is 8.54. The van der Waals surface area contributed by atoms with Gasteiger partial charge >= 0.3 is 0 Å². The minimum absolute atomic E-state index is 0.0386. The summed E-state index contributed by atoms with van der Waals surface area (Å²) in [5.74, 6) is -0.973. The van der Waals surface area contributed by atoms with Crippen molar-refractivity contribution in [3.63, 3.8) is 0 Å². The average Bonchev–Trinajstić information content (AvgIpc) is 2.60. The molecular weight excluding hydrogens is 359 g/mol. The maximum absolute atomic E-state index is 13.4. The summed E-state index contributed by atoms with van der Waals surface area (Å²) in [6.07, 6.45) is 0.0386. The Labute approximate surface area is 155 Å². The van der Waals surface area contributed by atoms with Gasteiger partial charge in [-0.05, 0) is 35.9 Å². The van der Waals surface area contributed by atoms with E-state index in [9.17, 15) is 14.0 Å². The zero-order valence-corrected chi connectivity index (χ0v) is 14.9. The molecule has 0 saturated heterocycles. The molecule has 0 radical (unpaired) electrons. The van der Waals surface area contributed by atoms with Crippen LogP contribution in [0, 0.1) is 5.82 Å². The van der Waals surface area contributed by atoms with E-state index in [-0.39, 0.29) is 24.8 Å². The van der Waals surface area contributed by atoms with Crippen LogP contribution in [0.25, 0.3) is 0 Å². The third-order valence-electron chi connectivity index (χ3n) is 4.22. The summed E-state index contributed by atoms with van der Waals surface area (Å²) in [6, 6.07) is 11.1. The fraction of sp³-hybridized carbons (Fsp3) is 0.263. The number of hydrogen-bond acceptors (Lipinski definition) is 3. The van der Waals surface area contributed by atoms with Gasteiger partial charge in [0.25, 0.3) is 0 Å². The van der Waals surface area contributed by atoms with Crippen molar-refractivity contribution >= 4 is 29.1 Å². The Morgan fingerprint density at radius 2 is 2.15 bits per heavy atom. The van der Waals surface area contributed by atoms with E-state index in [1.54, 1.807) is 37.4 Å². The highest BCUT2D eigenvalue weighted by molar-refractivity contribution is 6.30. The van der Waals surface area contributed by atoms with Gasteiger partial charge < -0.3 is 15.0 Å². The van der Waals surface area contributed by atoms with Crippen molar-refractivity contribution in [3.05, 3.63) is 58.9 Å². The minimum atomic E-state index is -0.629. The highest BCUT2D eigenvalue weighted by atomic mass is 35.5. The first-order chi connectivity index (χ1) is 12.4. The maximum atomic E-state index is 13.4. The van der Waals surface area contributed by atoms with Crippen LogP contribution in [-0.4, -0.2) is 36.9 Å². The van der Waals surface area contributed by atoms with Crippen LogP contribution in [0.2, 0.25) is 5.02 Å². The van der Waals surface area contributed by atoms with E-state index in [2.05, 4.69) is 5.32 Å². The smallest absolute Gasteiger partial charge is 0.230 e. The van der Waals surface area contributed by atoms with Crippen molar-refractivity contribution in [2.45, 2.75) is 12.3 Å². The van der Waals surface area contributed by atoms with Gasteiger partial charge in [0, 0.05) is 24.2 Å². The molecule has 0 spiro atoms. The number of rotatable bonds is 5. The lowest BCUT2D eigenvalue weighted by Gasteiger charge is -2.28. The minimum Gasteiger partial charge on any atom is -0.492 e. The van der Waals surface area contributed by atoms with Gasteiger partial charge in [-0.15, -0.1) is 0 Å². The second-order valence-electron chi connectivity index (χ2n) is 6.10. The molecule has 2 aromatic rings. The molecule has 1 heterocycles. The van der Waals surface area contributed by atoms with Crippen LogP contribution in [0.3, 0.4) is 0 Å². The highest BCUT2D eigenvalue weighted by Crippen LogP contribution is 2.33. The number of halogens is 2. The molecule has 2 amide bonds. The number of carbonyl (C=O) groups is 2. The first-order valence-electron chi connectivity index (χ1n) is 8.16. The Bertz CT molecular complexity index is 843. The molecule has 1 aliphatic heterocycles. The number of fused-ring (bicyclic) bond motifs is 1. The Morgan fingerprint density at radius 1 is 1.35 bits per heavy atom. The molecule has 0 fully saturated rings. The zero-order chi connectivity index (χ0) is 18.7. The molecule has 7 heteroatoms. The Morgan fingerprint density at radius 3 is 2.92 bits per heavy atom. The highest BCUT2D eigenvalue weighted by Gasteiger charge is 2.32. The molecule has 0 aliphatic carbocycles. The molecule has 2 aromatic carbocycles. The molecule has 1 atom stereocenters. The molecule has 26 heavy (non-hydrogen) atoms. The summed E-state index contributed by atoms with van der Waals surface area (Å²) in [7, 11) is 1.65. The molecule has 5 nitrogen and oxygen atoms in total. The van der Waals surface area contributed by atoms with Crippen molar-refractivity contribution in [2.24, 2.45) is 0 Å². The summed E-state index contributed by atoms with van der Waals surface area (Å²) in [4.78, 5) is 26.1. The molecule has 1 aliphatic rings. The normalized spacial score (nSPS) is 15.8. The van der Waals surface area contributed by atoms with Crippen LogP contribution in [-0.2, 0) is 9.59 Å². The average molecular weight is 377 g/mol. The van der Waals surface area contributed by atoms with Crippen LogP contribution in [0.4, 0.5) is 10.1 Å². The van der Waals surface area contributed by atoms with E-state index in [1.165, 1.54) is 17.0 Å². The van der Waals surface area contributed by atoms with E-state index in [0.717, 1.165) is 0 Å².